The van der Waals surface area contributed by atoms with Gasteiger partial charge in [0.15, 0.2) is 0 Å². The number of hydrogen-bond donors (Lipinski definition) is 1. The molecule has 0 heterocycles. The summed E-state index contributed by atoms with van der Waals surface area (Å²) < 4.78 is 27.8. The van der Waals surface area contributed by atoms with Crippen LogP contribution in [0.1, 0.15) is 27.2 Å². The van der Waals surface area contributed by atoms with E-state index in [0.29, 0.717) is 10.8 Å². The molecule has 4 heteroatoms. The molecular formula is C16H21NO2S. The lowest BCUT2D eigenvalue weighted by atomic mass is 10.1. The minimum absolute atomic E-state index is 0.0704. The molecule has 0 spiro atoms. The fourth-order valence-corrected chi connectivity index (χ4v) is 4.00. The monoisotopic (exact) mass is 291 g/mol. The van der Waals surface area contributed by atoms with E-state index in [9.17, 15) is 8.42 Å². The second-order valence-electron chi connectivity index (χ2n) is 5.63. The Morgan fingerprint density at radius 1 is 1.00 bits per heavy atom. The highest BCUT2D eigenvalue weighted by atomic mass is 32.2. The van der Waals surface area contributed by atoms with Crippen LogP contribution in [0.4, 0.5) is 0 Å². The fraction of sp³-hybridized carbons (Fsp3) is 0.375. The van der Waals surface area contributed by atoms with E-state index < -0.39 is 10.0 Å². The number of benzene rings is 2. The third kappa shape index (κ3) is 3.38. The van der Waals surface area contributed by atoms with Crippen LogP contribution in [0.25, 0.3) is 10.8 Å². The van der Waals surface area contributed by atoms with Crippen LogP contribution in [0.2, 0.25) is 0 Å². The van der Waals surface area contributed by atoms with Gasteiger partial charge in [0.2, 0.25) is 10.0 Å². The molecule has 2 aromatic rings. The normalized spacial score (nSPS) is 13.8. The maximum absolute atomic E-state index is 12.5. The summed E-state index contributed by atoms with van der Waals surface area (Å²) in [5.74, 6) is 0.459. The van der Waals surface area contributed by atoms with Gasteiger partial charge in [0.25, 0.3) is 0 Å². The van der Waals surface area contributed by atoms with E-state index in [1.54, 1.807) is 12.1 Å². The van der Waals surface area contributed by atoms with Crippen LogP contribution in [0, 0.1) is 5.92 Å². The van der Waals surface area contributed by atoms with Crippen molar-refractivity contribution >= 4 is 20.8 Å². The van der Waals surface area contributed by atoms with Crippen LogP contribution in [0.15, 0.2) is 47.4 Å². The zero-order chi connectivity index (χ0) is 14.8. The minimum atomic E-state index is -3.48. The zero-order valence-electron chi connectivity index (χ0n) is 12.1. The molecule has 3 nitrogen and oxygen atoms in total. The first-order valence-corrected chi connectivity index (χ1v) is 8.38. The summed E-state index contributed by atoms with van der Waals surface area (Å²) in [6, 6.07) is 12.8. The van der Waals surface area contributed by atoms with Crippen molar-refractivity contribution in [3.05, 3.63) is 42.5 Å². The van der Waals surface area contributed by atoms with E-state index in [2.05, 4.69) is 18.6 Å². The molecule has 1 atom stereocenters. The van der Waals surface area contributed by atoms with E-state index in [1.165, 1.54) is 0 Å². The molecule has 20 heavy (non-hydrogen) atoms. The Morgan fingerprint density at radius 2 is 1.65 bits per heavy atom. The van der Waals surface area contributed by atoms with Crippen LogP contribution < -0.4 is 4.72 Å². The van der Waals surface area contributed by atoms with Gasteiger partial charge in [0.05, 0.1) is 4.90 Å². The van der Waals surface area contributed by atoms with Gasteiger partial charge < -0.3 is 0 Å². The van der Waals surface area contributed by atoms with Crippen LogP contribution >= 0.6 is 0 Å². The first-order valence-electron chi connectivity index (χ1n) is 6.90. The third-order valence-electron chi connectivity index (χ3n) is 3.22. The standard InChI is InChI=1S/C16H21NO2S/c1-12(2)11-13(3)17-20(18,19)16-10-6-8-14-7-4-5-9-15(14)16/h4-10,12-13,17H,11H2,1-3H3. The van der Waals surface area contributed by atoms with Crippen molar-refractivity contribution in [3.8, 4) is 0 Å². The average Bonchev–Trinajstić information content (AvgIpc) is 2.36. The summed E-state index contributed by atoms with van der Waals surface area (Å²) in [7, 11) is -3.48. The topological polar surface area (TPSA) is 46.2 Å². The fourth-order valence-electron chi connectivity index (χ4n) is 2.51. The van der Waals surface area contributed by atoms with Crippen LogP contribution in [0.3, 0.4) is 0 Å². The van der Waals surface area contributed by atoms with E-state index in [0.717, 1.165) is 17.2 Å². The summed E-state index contributed by atoms with van der Waals surface area (Å²) in [6.45, 7) is 6.08. The van der Waals surface area contributed by atoms with E-state index in [4.69, 9.17) is 0 Å². The second kappa shape index (κ2) is 5.94. The maximum atomic E-state index is 12.5. The molecule has 0 saturated heterocycles. The average molecular weight is 291 g/mol. The van der Waals surface area contributed by atoms with Crippen molar-refractivity contribution in [3.63, 3.8) is 0 Å². The maximum Gasteiger partial charge on any atom is 0.241 e. The van der Waals surface area contributed by atoms with Crippen LogP contribution in [-0.2, 0) is 10.0 Å². The SMILES string of the molecule is CC(C)CC(C)NS(=O)(=O)c1cccc2ccccc12. The van der Waals surface area contributed by atoms with Crippen molar-refractivity contribution in [2.75, 3.05) is 0 Å². The van der Waals surface area contributed by atoms with Gasteiger partial charge in [-0.2, -0.15) is 0 Å². The molecular weight excluding hydrogens is 270 g/mol. The van der Waals surface area contributed by atoms with E-state index >= 15 is 0 Å². The minimum Gasteiger partial charge on any atom is -0.208 e. The van der Waals surface area contributed by atoms with Crippen molar-refractivity contribution in [1.82, 2.24) is 4.72 Å². The molecule has 0 amide bonds. The summed E-state index contributed by atoms with van der Waals surface area (Å²) in [5, 5.41) is 1.70. The predicted octanol–water partition coefficient (Wildman–Crippen LogP) is 3.55. The smallest absolute Gasteiger partial charge is 0.208 e. The highest BCUT2D eigenvalue weighted by molar-refractivity contribution is 7.89. The first kappa shape index (κ1) is 15.0. The predicted molar refractivity (Wildman–Crippen MR) is 83.2 cm³/mol. The van der Waals surface area contributed by atoms with E-state index in [1.807, 2.05) is 37.3 Å². The van der Waals surface area contributed by atoms with Gasteiger partial charge in [-0.25, -0.2) is 13.1 Å². The molecule has 0 fully saturated rings. The number of rotatable bonds is 5. The molecule has 0 bridgehead atoms. The van der Waals surface area contributed by atoms with Gasteiger partial charge in [0, 0.05) is 11.4 Å². The summed E-state index contributed by atoms with van der Waals surface area (Å²) in [6.07, 6.45) is 0.823. The van der Waals surface area contributed by atoms with Gasteiger partial charge in [-0.15, -0.1) is 0 Å². The highest BCUT2D eigenvalue weighted by Crippen LogP contribution is 2.23. The largest absolute Gasteiger partial charge is 0.241 e. The number of sulfonamides is 1. The van der Waals surface area contributed by atoms with Gasteiger partial charge in [0.1, 0.15) is 0 Å². The second-order valence-corrected chi connectivity index (χ2v) is 7.31. The van der Waals surface area contributed by atoms with Crippen LogP contribution in [-0.4, -0.2) is 14.5 Å². The molecule has 2 rings (SSSR count). The molecule has 1 N–H and O–H groups in total. The molecule has 0 aliphatic carbocycles. The Morgan fingerprint density at radius 3 is 2.35 bits per heavy atom. The van der Waals surface area contributed by atoms with Gasteiger partial charge in [-0.3, -0.25) is 0 Å². The number of hydrogen-bond acceptors (Lipinski definition) is 2. The Kier molecular flexibility index (Phi) is 4.45. The summed E-state index contributed by atoms with van der Waals surface area (Å²) in [4.78, 5) is 0.353. The lowest BCUT2D eigenvalue weighted by Gasteiger charge is -2.17. The van der Waals surface area contributed by atoms with Crippen molar-refractivity contribution in [2.24, 2.45) is 5.92 Å². The zero-order valence-corrected chi connectivity index (χ0v) is 12.9. The van der Waals surface area contributed by atoms with E-state index in [-0.39, 0.29) is 6.04 Å². The Hall–Kier alpha value is -1.39. The molecule has 108 valence electrons. The molecule has 2 aromatic carbocycles. The lowest BCUT2D eigenvalue weighted by molar-refractivity contribution is 0.483. The Labute approximate surface area is 121 Å². The summed E-state index contributed by atoms with van der Waals surface area (Å²) in [5.41, 5.74) is 0. The van der Waals surface area contributed by atoms with Crippen LogP contribution in [0.5, 0.6) is 0 Å². The van der Waals surface area contributed by atoms with Crippen molar-refractivity contribution < 1.29 is 8.42 Å². The quantitative estimate of drug-likeness (QED) is 0.915. The number of fused-ring (bicyclic) bond motifs is 1. The number of nitrogens with one attached hydrogen (secondary N) is 1. The molecule has 0 radical (unpaired) electrons. The van der Waals surface area contributed by atoms with Gasteiger partial charge >= 0.3 is 0 Å². The van der Waals surface area contributed by atoms with Crippen molar-refractivity contribution in [2.45, 2.75) is 38.1 Å². The third-order valence-corrected chi connectivity index (χ3v) is 4.87. The lowest BCUT2D eigenvalue weighted by Crippen LogP contribution is -2.33. The first-order chi connectivity index (χ1) is 9.40. The molecule has 1 unspecified atom stereocenters. The molecule has 0 aliphatic rings. The summed E-state index contributed by atoms with van der Waals surface area (Å²) >= 11 is 0. The Bertz CT molecular complexity index is 687. The molecule has 0 saturated carbocycles. The van der Waals surface area contributed by atoms with Gasteiger partial charge in [-0.1, -0.05) is 50.2 Å². The highest BCUT2D eigenvalue weighted by Gasteiger charge is 2.20. The van der Waals surface area contributed by atoms with Crippen molar-refractivity contribution in [1.29, 1.82) is 0 Å². The molecule has 0 aromatic heterocycles. The molecule has 0 aliphatic heterocycles. The Balaban J connectivity index is 2.37. The van der Waals surface area contributed by atoms with Gasteiger partial charge in [-0.05, 0) is 30.7 Å².